The summed E-state index contributed by atoms with van der Waals surface area (Å²) in [7, 11) is 0. The number of carboxylic acids is 1. The Labute approximate surface area is 171 Å². The zero-order chi connectivity index (χ0) is 21.4. The zero-order valence-electron chi connectivity index (χ0n) is 16.4. The largest absolute Gasteiger partial charge is 0.480 e. The second-order valence-corrected chi connectivity index (χ2v) is 6.86. The van der Waals surface area contributed by atoms with Crippen LogP contribution in [0.1, 0.15) is 58.3 Å². The van der Waals surface area contributed by atoms with Gasteiger partial charge in [-0.15, -0.1) is 0 Å². The third-order valence-corrected chi connectivity index (χ3v) is 4.37. The number of carbonyl (C=O) groups is 4. The van der Waals surface area contributed by atoms with E-state index in [0.717, 1.165) is 19.3 Å². The van der Waals surface area contributed by atoms with E-state index >= 15 is 0 Å². The molecule has 2 unspecified atom stereocenters. The highest BCUT2D eigenvalue weighted by molar-refractivity contribution is 7.80. The quantitative estimate of drug-likeness (QED) is 0.140. The standard InChI is InChI=1S/C18H33N3O6S/c1-2-3-4-5-6-7-10-27-16(23)11-20-17(24)14(12-28)21-15(22)9-8-13(19)18(25)26/h13-14,28H,2-12,19H2,1H3,(H,20,24)(H,21,22)(H,25,26). The van der Waals surface area contributed by atoms with Crippen LogP contribution in [-0.2, 0) is 23.9 Å². The summed E-state index contributed by atoms with van der Waals surface area (Å²) in [5.41, 5.74) is 5.32. The maximum atomic E-state index is 12.0. The average Bonchev–Trinajstić information content (AvgIpc) is 2.67. The van der Waals surface area contributed by atoms with Gasteiger partial charge in [0.2, 0.25) is 11.8 Å². The van der Waals surface area contributed by atoms with Gasteiger partial charge in [-0.25, -0.2) is 0 Å². The van der Waals surface area contributed by atoms with E-state index in [-0.39, 0.29) is 25.1 Å². The van der Waals surface area contributed by atoms with E-state index in [9.17, 15) is 19.2 Å². The van der Waals surface area contributed by atoms with Crippen molar-refractivity contribution in [3.8, 4) is 0 Å². The van der Waals surface area contributed by atoms with E-state index in [1.54, 1.807) is 0 Å². The molecule has 0 saturated heterocycles. The number of aliphatic carboxylic acids is 1. The lowest BCUT2D eigenvalue weighted by molar-refractivity contribution is -0.144. The second-order valence-electron chi connectivity index (χ2n) is 6.49. The fraction of sp³-hybridized carbons (Fsp3) is 0.778. The maximum Gasteiger partial charge on any atom is 0.325 e. The Kier molecular flexibility index (Phi) is 15.1. The van der Waals surface area contributed by atoms with Gasteiger partial charge in [-0.2, -0.15) is 12.6 Å². The Hall–Kier alpha value is -1.81. The molecular formula is C18H33N3O6S. The number of esters is 1. The SMILES string of the molecule is CCCCCCCCOC(=O)CNC(=O)C(CS)NC(=O)CCC(N)C(=O)O. The normalized spacial score (nSPS) is 12.7. The molecule has 0 bridgehead atoms. The van der Waals surface area contributed by atoms with Crippen LogP contribution in [0.3, 0.4) is 0 Å². The summed E-state index contributed by atoms with van der Waals surface area (Å²) in [6.07, 6.45) is 6.29. The van der Waals surface area contributed by atoms with Crippen molar-refractivity contribution in [2.75, 3.05) is 18.9 Å². The number of unbranched alkanes of at least 4 members (excludes halogenated alkanes) is 5. The molecule has 10 heteroatoms. The minimum Gasteiger partial charge on any atom is -0.480 e. The lowest BCUT2D eigenvalue weighted by Crippen LogP contribution is -2.49. The lowest BCUT2D eigenvalue weighted by Gasteiger charge is -2.16. The summed E-state index contributed by atoms with van der Waals surface area (Å²) in [5, 5.41) is 13.5. The highest BCUT2D eigenvalue weighted by Crippen LogP contribution is 2.04. The first-order chi connectivity index (χ1) is 13.3. The van der Waals surface area contributed by atoms with Crippen molar-refractivity contribution >= 4 is 36.4 Å². The van der Waals surface area contributed by atoms with Crippen molar-refractivity contribution in [1.29, 1.82) is 0 Å². The van der Waals surface area contributed by atoms with Crippen LogP contribution >= 0.6 is 12.6 Å². The molecular weight excluding hydrogens is 386 g/mol. The van der Waals surface area contributed by atoms with E-state index in [2.05, 4.69) is 30.2 Å². The molecule has 0 aliphatic carbocycles. The van der Waals surface area contributed by atoms with Crippen LogP contribution in [0.4, 0.5) is 0 Å². The van der Waals surface area contributed by atoms with Crippen LogP contribution in [0.25, 0.3) is 0 Å². The molecule has 0 heterocycles. The molecule has 0 fully saturated rings. The van der Waals surface area contributed by atoms with Crippen molar-refractivity contribution in [3.63, 3.8) is 0 Å². The molecule has 9 nitrogen and oxygen atoms in total. The van der Waals surface area contributed by atoms with Gasteiger partial charge in [-0.05, 0) is 12.8 Å². The van der Waals surface area contributed by atoms with E-state index in [1.807, 2.05) is 0 Å². The molecule has 28 heavy (non-hydrogen) atoms. The van der Waals surface area contributed by atoms with Gasteiger partial charge in [0.1, 0.15) is 18.6 Å². The number of thiol groups is 1. The summed E-state index contributed by atoms with van der Waals surface area (Å²) < 4.78 is 5.05. The van der Waals surface area contributed by atoms with E-state index < -0.39 is 35.8 Å². The van der Waals surface area contributed by atoms with Crippen LogP contribution in [0.5, 0.6) is 0 Å². The minimum absolute atomic E-state index is 0.0232. The first kappa shape index (κ1) is 26.2. The van der Waals surface area contributed by atoms with Crippen molar-refractivity contribution in [2.45, 2.75) is 70.4 Å². The number of nitrogens with one attached hydrogen (secondary N) is 2. The summed E-state index contributed by atoms with van der Waals surface area (Å²) in [4.78, 5) is 46.1. The summed E-state index contributed by atoms with van der Waals surface area (Å²) in [6.45, 7) is 2.17. The van der Waals surface area contributed by atoms with E-state index in [0.29, 0.717) is 6.61 Å². The van der Waals surface area contributed by atoms with Gasteiger partial charge < -0.3 is 26.2 Å². The zero-order valence-corrected chi connectivity index (χ0v) is 17.3. The fourth-order valence-corrected chi connectivity index (χ4v) is 2.53. The number of rotatable bonds is 16. The Bertz CT molecular complexity index is 504. The van der Waals surface area contributed by atoms with E-state index in [1.165, 1.54) is 19.3 Å². The van der Waals surface area contributed by atoms with E-state index in [4.69, 9.17) is 15.6 Å². The van der Waals surface area contributed by atoms with Crippen molar-refractivity contribution < 1.29 is 29.0 Å². The highest BCUT2D eigenvalue weighted by Gasteiger charge is 2.21. The topological polar surface area (TPSA) is 148 Å². The van der Waals surface area contributed by atoms with Crippen LogP contribution in [0, 0.1) is 0 Å². The van der Waals surface area contributed by atoms with Gasteiger partial charge >= 0.3 is 11.9 Å². The molecule has 0 radical (unpaired) electrons. The molecule has 0 saturated carbocycles. The van der Waals surface area contributed by atoms with Gasteiger partial charge in [0.15, 0.2) is 0 Å². The Morgan fingerprint density at radius 2 is 1.75 bits per heavy atom. The molecule has 0 aromatic heterocycles. The molecule has 2 atom stereocenters. The summed E-state index contributed by atoms with van der Waals surface area (Å²) in [6, 6.07) is -2.08. The number of hydrogen-bond acceptors (Lipinski definition) is 7. The number of ether oxygens (including phenoxy) is 1. The number of amides is 2. The Morgan fingerprint density at radius 3 is 2.36 bits per heavy atom. The van der Waals surface area contributed by atoms with Gasteiger partial charge in [0.25, 0.3) is 0 Å². The Morgan fingerprint density at radius 1 is 1.11 bits per heavy atom. The van der Waals surface area contributed by atoms with Crippen LogP contribution < -0.4 is 16.4 Å². The van der Waals surface area contributed by atoms with Crippen LogP contribution in [-0.4, -0.2) is 59.8 Å². The second kappa shape index (κ2) is 16.2. The molecule has 0 aliphatic rings. The molecule has 0 spiro atoms. The van der Waals surface area contributed by atoms with Crippen molar-refractivity contribution in [2.24, 2.45) is 5.73 Å². The van der Waals surface area contributed by atoms with Crippen LogP contribution in [0.2, 0.25) is 0 Å². The van der Waals surface area contributed by atoms with Crippen molar-refractivity contribution in [3.05, 3.63) is 0 Å². The van der Waals surface area contributed by atoms with Crippen molar-refractivity contribution in [1.82, 2.24) is 10.6 Å². The van der Waals surface area contributed by atoms with Crippen LogP contribution in [0.15, 0.2) is 0 Å². The predicted molar refractivity (Wildman–Crippen MR) is 108 cm³/mol. The fourth-order valence-electron chi connectivity index (χ4n) is 2.27. The first-order valence-electron chi connectivity index (χ1n) is 9.63. The third-order valence-electron chi connectivity index (χ3n) is 4.00. The Balaban J connectivity index is 4.01. The monoisotopic (exact) mass is 419 g/mol. The number of carboxylic acid groups (broad SMARTS) is 1. The molecule has 0 aromatic rings. The molecule has 2 amide bonds. The van der Waals surface area contributed by atoms with Gasteiger partial charge in [-0.1, -0.05) is 39.0 Å². The molecule has 162 valence electrons. The third kappa shape index (κ3) is 13.4. The summed E-state index contributed by atoms with van der Waals surface area (Å²) >= 11 is 4.01. The average molecular weight is 420 g/mol. The minimum atomic E-state index is -1.20. The molecule has 0 aliphatic heterocycles. The highest BCUT2D eigenvalue weighted by atomic mass is 32.1. The molecule has 0 aromatic carbocycles. The van der Waals surface area contributed by atoms with Gasteiger partial charge in [0, 0.05) is 12.2 Å². The predicted octanol–water partition coefficient (Wildman–Crippen LogP) is 0.613. The molecule has 0 rings (SSSR count). The number of hydrogen-bond donors (Lipinski definition) is 5. The smallest absolute Gasteiger partial charge is 0.325 e. The van der Waals surface area contributed by atoms with Gasteiger partial charge in [0.05, 0.1) is 6.61 Å². The lowest BCUT2D eigenvalue weighted by atomic mass is 10.1. The first-order valence-corrected chi connectivity index (χ1v) is 10.3. The maximum absolute atomic E-state index is 12.0. The number of nitrogens with two attached hydrogens (primary N) is 1. The molecule has 5 N–H and O–H groups in total. The summed E-state index contributed by atoms with van der Waals surface area (Å²) in [5.74, 6) is -2.80. The van der Waals surface area contributed by atoms with Gasteiger partial charge in [-0.3, -0.25) is 19.2 Å². The number of carbonyl (C=O) groups excluding carboxylic acids is 3.